The molecule has 1 amide bonds. The van der Waals surface area contributed by atoms with Crippen LogP contribution in [0.2, 0.25) is 0 Å². The summed E-state index contributed by atoms with van der Waals surface area (Å²) in [6.45, 7) is 2.26. The summed E-state index contributed by atoms with van der Waals surface area (Å²) in [5.41, 5.74) is 2.40. The SMILES string of the molecule is C[C@@H]1CCc2c(sc3c2C(=O)N[C@@H](c2ccc(-c4ccccc4F)o2)N3)C1. The van der Waals surface area contributed by atoms with Gasteiger partial charge in [0.25, 0.3) is 5.91 Å². The Bertz CT molecular complexity index is 1040. The first-order valence-electron chi connectivity index (χ1n) is 9.16. The van der Waals surface area contributed by atoms with E-state index < -0.39 is 6.17 Å². The monoisotopic (exact) mass is 382 g/mol. The Morgan fingerprint density at radius 2 is 2.04 bits per heavy atom. The lowest BCUT2D eigenvalue weighted by Crippen LogP contribution is -2.38. The summed E-state index contributed by atoms with van der Waals surface area (Å²) in [6.07, 6.45) is 2.66. The Balaban J connectivity index is 1.46. The van der Waals surface area contributed by atoms with Crippen molar-refractivity contribution >= 4 is 22.2 Å². The zero-order valence-electron chi connectivity index (χ0n) is 14.8. The van der Waals surface area contributed by atoms with Crippen molar-refractivity contribution in [1.82, 2.24) is 5.32 Å². The van der Waals surface area contributed by atoms with E-state index in [4.69, 9.17) is 4.42 Å². The molecule has 0 bridgehead atoms. The van der Waals surface area contributed by atoms with E-state index in [0.717, 1.165) is 29.8 Å². The first-order valence-corrected chi connectivity index (χ1v) is 9.98. The second-order valence-electron chi connectivity index (χ2n) is 7.29. The summed E-state index contributed by atoms with van der Waals surface area (Å²) in [5, 5.41) is 7.29. The van der Waals surface area contributed by atoms with E-state index in [-0.39, 0.29) is 11.7 Å². The summed E-state index contributed by atoms with van der Waals surface area (Å²) in [5.74, 6) is 1.27. The highest BCUT2D eigenvalue weighted by Gasteiger charge is 2.34. The van der Waals surface area contributed by atoms with Gasteiger partial charge in [0, 0.05) is 4.88 Å². The summed E-state index contributed by atoms with van der Waals surface area (Å²) in [7, 11) is 0. The molecule has 2 N–H and O–H groups in total. The number of rotatable bonds is 2. The lowest BCUT2D eigenvalue weighted by molar-refractivity contribution is 0.0930. The molecule has 1 aromatic carbocycles. The lowest BCUT2D eigenvalue weighted by atomic mass is 9.88. The Morgan fingerprint density at radius 1 is 1.19 bits per heavy atom. The minimum absolute atomic E-state index is 0.0651. The number of anilines is 1. The molecule has 27 heavy (non-hydrogen) atoms. The van der Waals surface area contributed by atoms with Crippen molar-refractivity contribution in [3.63, 3.8) is 0 Å². The minimum Gasteiger partial charge on any atom is -0.457 e. The molecule has 5 rings (SSSR count). The van der Waals surface area contributed by atoms with Crippen molar-refractivity contribution in [1.29, 1.82) is 0 Å². The van der Waals surface area contributed by atoms with Crippen LogP contribution in [0.4, 0.5) is 9.39 Å². The van der Waals surface area contributed by atoms with E-state index in [1.54, 1.807) is 41.7 Å². The van der Waals surface area contributed by atoms with Gasteiger partial charge in [-0.25, -0.2) is 4.39 Å². The fourth-order valence-electron chi connectivity index (χ4n) is 3.92. The summed E-state index contributed by atoms with van der Waals surface area (Å²) < 4.78 is 19.9. The number of nitrogens with one attached hydrogen (secondary N) is 2. The van der Waals surface area contributed by atoms with Crippen LogP contribution in [-0.4, -0.2) is 5.91 Å². The van der Waals surface area contributed by atoms with Gasteiger partial charge in [0.05, 0.1) is 11.1 Å². The average molecular weight is 382 g/mol. The third-order valence-electron chi connectivity index (χ3n) is 5.34. The van der Waals surface area contributed by atoms with E-state index in [2.05, 4.69) is 17.6 Å². The maximum Gasteiger partial charge on any atom is 0.256 e. The van der Waals surface area contributed by atoms with Crippen LogP contribution in [0.15, 0.2) is 40.8 Å². The van der Waals surface area contributed by atoms with Gasteiger partial charge in [0.15, 0.2) is 6.17 Å². The summed E-state index contributed by atoms with van der Waals surface area (Å²) in [4.78, 5) is 14.1. The van der Waals surface area contributed by atoms with Crippen LogP contribution >= 0.6 is 11.3 Å². The highest BCUT2D eigenvalue weighted by Crippen LogP contribution is 2.43. The molecule has 3 aromatic rings. The van der Waals surface area contributed by atoms with Gasteiger partial charge < -0.3 is 15.1 Å². The largest absolute Gasteiger partial charge is 0.457 e. The predicted molar refractivity (Wildman–Crippen MR) is 103 cm³/mol. The molecular weight excluding hydrogens is 363 g/mol. The number of benzene rings is 1. The maximum absolute atomic E-state index is 14.0. The Hall–Kier alpha value is -2.60. The molecule has 3 heterocycles. The maximum atomic E-state index is 14.0. The second-order valence-corrected chi connectivity index (χ2v) is 8.39. The number of furan rings is 1. The van der Waals surface area contributed by atoms with E-state index in [1.165, 1.54) is 16.5 Å². The van der Waals surface area contributed by atoms with Crippen LogP contribution in [0, 0.1) is 11.7 Å². The smallest absolute Gasteiger partial charge is 0.256 e. The first-order chi connectivity index (χ1) is 13.1. The summed E-state index contributed by atoms with van der Waals surface area (Å²) >= 11 is 1.68. The van der Waals surface area contributed by atoms with Crippen LogP contribution in [0.5, 0.6) is 0 Å². The lowest BCUT2D eigenvalue weighted by Gasteiger charge is -2.25. The van der Waals surface area contributed by atoms with E-state index in [1.807, 2.05) is 0 Å². The molecule has 2 aromatic heterocycles. The van der Waals surface area contributed by atoms with Crippen molar-refractivity contribution in [2.24, 2.45) is 5.92 Å². The van der Waals surface area contributed by atoms with Crippen molar-refractivity contribution in [2.75, 3.05) is 5.32 Å². The number of hydrogen-bond donors (Lipinski definition) is 2. The van der Waals surface area contributed by atoms with Gasteiger partial charge in [-0.15, -0.1) is 11.3 Å². The van der Waals surface area contributed by atoms with Crippen molar-refractivity contribution < 1.29 is 13.6 Å². The van der Waals surface area contributed by atoms with Crippen LogP contribution < -0.4 is 10.6 Å². The van der Waals surface area contributed by atoms with Gasteiger partial charge >= 0.3 is 0 Å². The van der Waals surface area contributed by atoms with E-state index in [0.29, 0.717) is 23.0 Å². The molecule has 2 atom stereocenters. The predicted octanol–water partition coefficient (Wildman–Crippen LogP) is 5.13. The number of carbonyl (C=O) groups is 1. The van der Waals surface area contributed by atoms with Gasteiger partial charge in [0.1, 0.15) is 22.3 Å². The van der Waals surface area contributed by atoms with Crippen LogP contribution in [-0.2, 0) is 12.8 Å². The molecule has 0 unspecified atom stereocenters. The minimum atomic E-state index is -0.456. The van der Waals surface area contributed by atoms with Gasteiger partial charge in [-0.3, -0.25) is 4.79 Å². The standard InChI is InChI=1S/C21H19FN2O2S/c1-11-6-7-13-17(10-11)27-21-18(13)20(25)23-19(24-21)16-9-8-15(26-16)12-4-2-3-5-14(12)22/h2-5,8-9,11,19,24H,6-7,10H2,1H3,(H,23,25)/t11-,19-/m1/s1. The van der Waals surface area contributed by atoms with Crippen LogP contribution in [0.1, 0.15) is 46.1 Å². The molecule has 1 aliphatic carbocycles. The van der Waals surface area contributed by atoms with Crippen LogP contribution in [0.3, 0.4) is 0 Å². The molecule has 0 radical (unpaired) electrons. The zero-order valence-corrected chi connectivity index (χ0v) is 15.7. The Labute approximate surface area is 160 Å². The molecule has 6 heteroatoms. The number of amides is 1. The third kappa shape index (κ3) is 2.75. The molecule has 0 saturated carbocycles. The van der Waals surface area contributed by atoms with Crippen LogP contribution in [0.25, 0.3) is 11.3 Å². The number of hydrogen-bond acceptors (Lipinski definition) is 4. The van der Waals surface area contributed by atoms with Gasteiger partial charge in [0.2, 0.25) is 0 Å². The molecule has 2 aliphatic rings. The molecule has 1 aliphatic heterocycles. The molecule has 4 nitrogen and oxygen atoms in total. The first kappa shape index (κ1) is 16.6. The third-order valence-corrected chi connectivity index (χ3v) is 6.53. The molecule has 0 fully saturated rings. The number of halogens is 1. The van der Waals surface area contributed by atoms with Gasteiger partial charge in [-0.2, -0.15) is 0 Å². The quantitative estimate of drug-likeness (QED) is 0.646. The Morgan fingerprint density at radius 3 is 2.89 bits per heavy atom. The number of fused-ring (bicyclic) bond motifs is 3. The number of thiophene rings is 1. The molecule has 0 saturated heterocycles. The second kappa shape index (κ2) is 6.23. The van der Waals surface area contributed by atoms with Gasteiger partial charge in [-0.05, 0) is 55.0 Å². The normalized spacial score (nSPS) is 21.2. The van der Waals surface area contributed by atoms with E-state index in [9.17, 15) is 9.18 Å². The number of carbonyl (C=O) groups excluding carboxylic acids is 1. The summed E-state index contributed by atoms with van der Waals surface area (Å²) in [6, 6.07) is 10.0. The highest BCUT2D eigenvalue weighted by atomic mass is 32.1. The molecule has 138 valence electrons. The van der Waals surface area contributed by atoms with Crippen molar-refractivity contribution in [2.45, 2.75) is 32.4 Å². The molecular formula is C21H19FN2O2S. The fraction of sp³-hybridized carbons (Fsp3) is 0.286. The molecule has 0 spiro atoms. The van der Waals surface area contributed by atoms with Crippen molar-refractivity contribution in [3.8, 4) is 11.3 Å². The van der Waals surface area contributed by atoms with E-state index >= 15 is 0 Å². The Kier molecular flexibility index (Phi) is 3.82. The average Bonchev–Trinajstić information content (AvgIpc) is 3.26. The van der Waals surface area contributed by atoms with Crippen molar-refractivity contribution in [3.05, 3.63) is 64.0 Å². The van der Waals surface area contributed by atoms with Gasteiger partial charge in [-0.1, -0.05) is 19.1 Å². The highest BCUT2D eigenvalue weighted by molar-refractivity contribution is 7.16. The topological polar surface area (TPSA) is 54.3 Å². The fourth-order valence-corrected chi connectivity index (χ4v) is 5.36. The zero-order chi connectivity index (χ0) is 18.5.